The van der Waals surface area contributed by atoms with E-state index in [0.29, 0.717) is 12.2 Å². The molecule has 0 spiro atoms. The molecule has 0 heterocycles. The zero-order valence-corrected chi connectivity index (χ0v) is 13.3. The minimum atomic E-state index is -4.86. The zero-order chi connectivity index (χ0) is 13.4. The molecule has 0 aliphatic carbocycles. The van der Waals surface area contributed by atoms with Crippen molar-refractivity contribution in [2.45, 2.75) is 12.5 Å². The van der Waals surface area contributed by atoms with Crippen LogP contribution in [0.3, 0.4) is 0 Å². The Balaban J connectivity index is 0.00000324. The van der Waals surface area contributed by atoms with Gasteiger partial charge in [-0.1, -0.05) is 24.3 Å². The molecule has 19 heavy (non-hydrogen) atoms. The Morgan fingerprint density at radius 1 is 1.32 bits per heavy atom. The van der Waals surface area contributed by atoms with Crippen LogP contribution in [0.2, 0.25) is 0 Å². The minimum Gasteiger partial charge on any atom is -0.724 e. The van der Waals surface area contributed by atoms with Crippen LogP contribution in [0, 0.1) is 0 Å². The Hall–Kier alpha value is -0.410. The molecule has 0 radical (unpaired) electrons. The first kappa shape index (κ1) is 18.6. The Morgan fingerprint density at radius 2 is 1.95 bits per heavy atom. The Labute approximate surface area is 134 Å². The molecule has 1 atom stereocenters. The van der Waals surface area contributed by atoms with E-state index in [4.69, 9.17) is 4.74 Å². The first-order chi connectivity index (χ1) is 8.51. The Bertz CT molecular complexity index is 461. The molecule has 0 fully saturated rings. The van der Waals surface area contributed by atoms with Crippen LogP contribution in [0.15, 0.2) is 43.0 Å². The van der Waals surface area contributed by atoms with Gasteiger partial charge >= 0.3 is 29.6 Å². The van der Waals surface area contributed by atoms with Gasteiger partial charge in [0.05, 0.1) is 0 Å². The van der Waals surface area contributed by atoms with E-state index in [1.807, 2.05) is 6.07 Å². The molecule has 0 amide bonds. The van der Waals surface area contributed by atoms with Crippen molar-refractivity contribution < 1.29 is 56.5 Å². The average molecular weight is 296 g/mol. The molecule has 8 heteroatoms. The summed E-state index contributed by atoms with van der Waals surface area (Å²) in [4.78, 5) is 4.31. The number of ether oxygens (including phenoxy) is 1. The van der Waals surface area contributed by atoms with Gasteiger partial charge < -0.3 is 9.29 Å². The first-order valence-electron chi connectivity index (χ1n) is 5.11. The van der Waals surface area contributed by atoms with Crippen molar-refractivity contribution in [1.29, 1.82) is 0 Å². The maximum absolute atomic E-state index is 10.2. The largest absolute Gasteiger partial charge is 1.00 e. The van der Waals surface area contributed by atoms with Crippen LogP contribution in [0.1, 0.15) is 6.42 Å². The van der Waals surface area contributed by atoms with E-state index in [9.17, 15) is 13.0 Å². The van der Waals surface area contributed by atoms with E-state index in [2.05, 4.69) is 15.8 Å². The summed E-state index contributed by atoms with van der Waals surface area (Å²) >= 11 is 0. The smallest absolute Gasteiger partial charge is 0.724 e. The van der Waals surface area contributed by atoms with Crippen molar-refractivity contribution in [2.75, 3.05) is 6.61 Å². The molecule has 1 rings (SSSR count). The number of para-hydroxylation sites is 1. The number of benzene rings is 1. The predicted molar refractivity (Wildman–Crippen MR) is 62.4 cm³/mol. The van der Waals surface area contributed by atoms with Crippen LogP contribution in [0.4, 0.5) is 0 Å². The molecule has 0 N–H and O–H groups in total. The second-order valence-electron chi connectivity index (χ2n) is 3.34. The molecule has 0 aliphatic rings. The fourth-order valence-electron chi connectivity index (χ4n) is 1.19. The van der Waals surface area contributed by atoms with Gasteiger partial charge in [-0.15, -0.1) is 10.9 Å². The molecule has 1 unspecified atom stereocenters. The molecule has 6 nitrogen and oxygen atoms in total. The molecular weight excluding hydrogens is 283 g/mol. The van der Waals surface area contributed by atoms with Crippen LogP contribution >= 0.6 is 0 Å². The summed E-state index contributed by atoms with van der Waals surface area (Å²) in [5.74, 6) is 0.595. The van der Waals surface area contributed by atoms with Crippen LogP contribution in [0.5, 0.6) is 5.75 Å². The molecule has 0 aliphatic heterocycles. The van der Waals surface area contributed by atoms with Gasteiger partial charge in [-0.2, -0.15) is 0 Å². The van der Waals surface area contributed by atoms with Crippen molar-refractivity contribution in [2.24, 2.45) is 0 Å². The maximum Gasteiger partial charge on any atom is 1.00 e. The monoisotopic (exact) mass is 296 g/mol. The minimum absolute atomic E-state index is 0. The average Bonchev–Trinajstić information content (AvgIpc) is 2.29. The molecule has 1 aromatic carbocycles. The van der Waals surface area contributed by atoms with Gasteiger partial charge in [0.2, 0.25) is 10.4 Å². The molecule has 1 aromatic rings. The van der Waals surface area contributed by atoms with Crippen molar-refractivity contribution in [3.63, 3.8) is 0 Å². The number of hydrogen-bond acceptors (Lipinski definition) is 6. The maximum atomic E-state index is 10.2. The fourth-order valence-corrected chi connectivity index (χ4v) is 1.36. The molecular formula is C11H13NaO6S. The summed E-state index contributed by atoms with van der Waals surface area (Å²) in [5.41, 5.74) is 0. The van der Waals surface area contributed by atoms with Gasteiger partial charge in [-0.3, -0.25) is 0 Å². The Kier molecular flexibility index (Phi) is 9.28. The van der Waals surface area contributed by atoms with E-state index in [1.54, 1.807) is 30.3 Å². The summed E-state index contributed by atoms with van der Waals surface area (Å²) < 4.78 is 39.6. The van der Waals surface area contributed by atoms with Gasteiger partial charge in [-0.25, -0.2) is 13.3 Å². The van der Waals surface area contributed by atoms with Crippen LogP contribution in [-0.4, -0.2) is 25.7 Å². The first-order valence-corrected chi connectivity index (χ1v) is 6.44. The normalized spacial score (nSPS) is 12.3. The summed E-state index contributed by atoms with van der Waals surface area (Å²) in [6.45, 7) is 3.34. The topological polar surface area (TPSA) is 84.9 Å². The molecule has 0 bridgehead atoms. The summed E-state index contributed by atoms with van der Waals surface area (Å²) in [7, 11) is -4.86. The quantitative estimate of drug-likeness (QED) is 0.144. The summed E-state index contributed by atoms with van der Waals surface area (Å²) in [5, 5.41) is 0. The Morgan fingerprint density at radius 3 is 2.47 bits per heavy atom. The second-order valence-corrected chi connectivity index (χ2v) is 4.29. The van der Waals surface area contributed by atoms with Crippen molar-refractivity contribution in [3.8, 4) is 5.75 Å². The van der Waals surface area contributed by atoms with Crippen molar-refractivity contribution >= 4 is 10.4 Å². The van der Waals surface area contributed by atoms with Gasteiger partial charge in [0.25, 0.3) is 0 Å². The molecule has 0 saturated heterocycles. The van der Waals surface area contributed by atoms with Crippen molar-refractivity contribution in [3.05, 3.63) is 43.0 Å². The number of hydrogen-bond donors (Lipinski definition) is 0. The summed E-state index contributed by atoms with van der Waals surface area (Å²) in [6.07, 6.45) is 1.51. The number of rotatable bonds is 8. The second kappa shape index (κ2) is 9.49. The van der Waals surface area contributed by atoms with E-state index in [0.717, 1.165) is 0 Å². The zero-order valence-electron chi connectivity index (χ0n) is 10.5. The molecule has 0 saturated carbocycles. The van der Waals surface area contributed by atoms with Gasteiger partial charge in [0.15, 0.2) is 0 Å². The van der Waals surface area contributed by atoms with E-state index in [1.165, 1.54) is 0 Å². The van der Waals surface area contributed by atoms with Crippen LogP contribution in [0.25, 0.3) is 0 Å². The molecule has 100 valence electrons. The summed E-state index contributed by atoms with van der Waals surface area (Å²) in [6, 6.07) is 8.89. The SMILES string of the molecule is C=CCC(COOS(=O)(=O)[O-])Oc1ccccc1.[Na+]. The van der Waals surface area contributed by atoms with Gasteiger partial charge in [0, 0.05) is 6.42 Å². The van der Waals surface area contributed by atoms with Gasteiger partial charge in [-0.05, 0) is 12.1 Å². The van der Waals surface area contributed by atoms with Crippen LogP contribution in [-0.2, 0) is 19.6 Å². The third-order valence-electron chi connectivity index (χ3n) is 1.86. The van der Waals surface area contributed by atoms with Crippen LogP contribution < -0.4 is 34.3 Å². The standard InChI is InChI=1S/C11H14O6S.Na/c1-2-6-11(9-15-17-18(12,13)14)16-10-7-4-3-5-8-10;/h2-5,7-8,11H,1,6,9H2,(H,12,13,14);/q;+1/p-1. The van der Waals surface area contributed by atoms with Gasteiger partial charge in [0.1, 0.15) is 18.5 Å². The van der Waals surface area contributed by atoms with E-state index >= 15 is 0 Å². The fraction of sp³-hybridized carbons (Fsp3) is 0.273. The molecule has 0 aromatic heterocycles. The predicted octanol–water partition coefficient (Wildman–Crippen LogP) is -1.58. The third-order valence-corrected chi connectivity index (χ3v) is 2.12. The van der Waals surface area contributed by atoms with E-state index < -0.39 is 16.5 Å². The van der Waals surface area contributed by atoms with E-state index in [-0.39, 0.29) is 36.2 Å². The third kappa shape index (κ3) is 9.17. The van der Waals surface area contributed by atoms with Crippen molar-refractivity contribution in [1.82, 2.24) is 0 Å².